The summed E-state index contributed by atoms with van der Waals surface area (Å²) in [6.45, 7) is 4.39. The van der Waals surface area contributed by atoms with Crippen LogP contribution in [0.1, 0.15) is 38.4 Å². The van der Waals surface area contributed by atoms with Gasteiger partial charge in [0, 0.05) is 7.05 Å². The Balaban J connectivity index is 2.89. The SMILES string of the molecule is CCC(C)CC(NN)c1c(OC)cnn1C. The van der Waals surface area contributed by atoms with Crippen molar-refractivity contribution in [3.8, 4) is 5.75 Å². The minimum Gasteiger partial charge on any atom is -0.493 e. The highest BCUT2D eigenvalue weighted by atomic mass is 16.5. The maximum absolute atomic E-state index is 5.61. The van der Waals surface area contributed by atoms with Gasteiger partial charge >= 0.3 is 0 Å². The molecule has 1 aromatic rings. The predicted octanol–water partition coefficient (Wildman–Crippen LogP) is 1.37. The molecule has 0 amide bonds. The maximum atomic E-state index is 5.61. The van der Waals surface area contributed by atoms with Crippen molar-refractivity contribution in [2.45, 2.75) is 32.7 Å². The van der Waals surface area contributed by atoms with Crippen LogP contribution in [0.3, 0.4) is 0 Å². The fourth-order valence-electron chi connectivity index (χ4n) is 1.81. The fraction of sp³-hybridized carbons (Fsp3) is 0.727. The minimum absolute atomic E-state index is 0.0809. The molecule has 1 aromatic heterocycles. The Bertz CT molecular complexity index is 324. The Hall–Kier alpha value is -1.07. The Morgan fingerprint density at radius 2 is 2.31 bits per heavy atom. The molecule has 0 radical (unpaired) electrons. The van der Waals surface area contributed by atoms with Gasteiger partial charge in [-0.25, -0.2) is 0 Å². The Labute approximate surface area is 96.9 Å². The molecule has 5 nitrogen and oxygen atoms in total. The van der Waals surface area contributed by atoms with Crippen LogP contribution in [0.25, 0.3) is 0 Å². The zero-order valence-corrected chi connectivity index (χ0v) is 10.5. The molecular weight excluding hydrogens is 204 g/mol. The summed E-state index contributed by atoms with van der Waals surface area (Å²) in [5, 5.41) is 4.19. The lowest BCUT2D eigenvalue weighted by Crippen LogP contribution is -2.31. The quantitative estimate of drug-likeness (QED) is 0.568. The van der Waals surface area contributed by atoms with Gasteiger partial charge in [0.05, 0.1) is 25.0 Å². The van der Waals surface area contributed by atoms with Crippen LogP contribution in [0.4, 0.5) is 0 Å². The average molecular weight is 226 g/mol. The molecule has 0 aromatic carbocycles. The van der Waals surface area contributed by atoms with Gasteiger partial charge in [0.15, 0.2) is 5.75 Å². The van der Waals surface area contributed by atoms with E-state index in [2.05, 4.69) is 24.4 Å². The molecule has 1 rings (SSSR count). The van der Waals surface area contributed by atoms with Gasteiger partial charge in [0.25, 0.3) is 0 Å². The van der Waals surface area contributed by atoms with E-state index in [9.17, 15) is 0 Å². The molecule has 0 saturated heterocycles. The van der Waals surface area contributed by atoms with Crippen LogP contribution in [0, 0.1) is 5.92 Å². The van der Waals surface area contributed by atoms with E-state index in [0.29, 0.717) is 5.92 Å². The third kappa shape index (κ3) is 2.74. The first-order chi connectivity index (χ1) is 7.63. The van der Waals surface area contributed by atoms with Crippen LogP contribution in [0.5, 0.6) is 5.75 Å². The Kier molecular flexibility index (Phi) is 4.76. The van der Waals surface area contributed by atoms with Crippen molar-refractivity contribution in [1.82, 2.24) is 15.2 Å². The maximum Gasteiger partial charge on any atom is 0.161 e. The van der Waals surface area contributed by atoms with Crippen molar-refractivity contribution in [2.24, 2.45) is 18.8 Å². The number of hydrogen-bond acceptors (Lipinski definition) is 4. The molecule has 5 heteroatoms. The molecule has 16 heavy (non-hydrogen) atoms. The lowest BCUT2D eigenvalue weighted by molar-refractivity contribution is 0.362. The first-order valence-corrected chi connectivity index (χ1v) is 5.66. The normalized spacial score (nSPS) is 14.8. The molecule has 0 bridgehead atoms. The number of aryl methyl sites for hydroxylation is 1. The molecule has 2 atom stereocenters. The van der Waals surface area contributed by atoms with Crippen molar-refractivity contribution in [3.05, 3.63) is 11.9 Å². The number of nitrogens with zero attached hydrogens (tertiary/aromatic N) is 2. The number of methoxy groups -OCH3 is 1. The second kappa shape index (κ2) is 5.86. The smallest absolute Gasteiger partial charge is 0.161 e. The molecular formula is C11H22N4O. The molecule has 0 spiro atoms. The molecule has 92 valence electrons. The fourth-order valence-corrected chi connectivity index (χ4v) is 1.81. The average Bonchev–Trinajstić information content (AvgIpc) is 2.67. The van der Waals surface area contributed by atoms with Gasteiger partial charge in [-0.05, 0) is 12.3 Å². The second-order valence-corrected chi connectivity index (χ2v) is 4.19. The Morgan fingerprint density at radius 1 is 1.62 bits per heavy atom. The molecule has 0 aliphatic heterocycles. The van der Waals surface area contributed by atoms with Gasteiger partial charge in [0.2, 0.25) is 0 Å². The topological polar surface area (TPSA) is 65.1 Å². The van der Waals surface area contributed by atoms with Crippen LogP contribution in [-0.2, 0) is 7.05 Å². The number of hydrazine groups is 1. The third-order valence-electron chi connectivity index (χ3n) is 3.04. The van der Waals surface area contributed by atoms with Crippen molar-refractivity contribution >= 4 is 0 Å². The van der Waals surface area contributed by atoms with Gasteiger partial charge in [-0.3, -0.25) is 16.0 Å². The van der Waals surface area contributed by atoms with Gasteiger partial charge in [-0.2, -0.15) is 5.10 Å². The summed E-state index contributed by atoms with van der Waals surface area (Å²) in [6, 6.07) is 0.0809. The number of ether oxygens (including phenoxy) is 1. The van der Waals surface area contributed by atoms with E-state index >= 15 is 0 Å². The molecule has 0 aliphatic carbocycles. The summed E-state index contributed by atoms with van der Waals surface area (Å²) in [5.74, 6) is 7.01. The molecule has 0 fully saturated rings. The number of nitrogens with one attached hydrogen (secondary N) is 1. The number of hydrogen-bond donors (Lipinski definition) is 2. The zero-order chi connectivity index (χ0) is 12.1. The summed E-state index contributed by atoms with van der Waals surface area (Å²) in [5.41, 5.74) is 3.85. The Morgan fingerprint density at radius 3 is 2.81 bits per heavy atom. The highest BCUT2D eigenvalue weighted by molar-refractivity contribution is 5.28. The van der Waals surface area contributed by atoms with E-state index in [-0.39, 0.29) is 6.04 Å². The summed E-state index contributed by atoms with van der Waals surface area (Å²) < 4.78 is 7.10. The molecule has 0 saturated carbocycles. The summed E-state index contributed by atoms with van der Waals surface area (Å²) in [7, 11) is 3.55. The number of aromatic nitrogens is 2. The van der Waals surface area contributed by atoms with Crippen LogP contribution in [-0.4, -0.2) is 16.9 Å². The molecule has 0 aliphatic rings. The van der Waals surface area contributed by atoms with E-state index in [1.807, 2.05) is 11.7 Å². The zero-order valence-electron chi connectivity index (χ0n) is 10.5. The van der Waals surface area contributed by atoms with E-state index in [1.54, 1.807) is 13.3 Å². The van der Waals surface area contributed by atoms with Crippen LogP contribution >= 0.6 is 0 Å². The van der Waals surface area contributed by atoms with Gasteiger partial charge in [-0.1, -0.05) is 20.3 Å². The lowest BCUT2D eigenvalue weighted by Gasteiger charge is -2.20. The predicted molar refractivity (Wildman–Crippen MR) is 63.9 cm³/mol. The highest BCUT2D eigenvalue weighted by Gasteiger charge is 2.21. The van der Waals surface area contributed by atoms with E-state index in [1.165, 1.54) is 0 Å². The van der Waals surface area contributed by atoms with Crippen molar-refractivity contribution < 1.29 is 4.74 Å². The largest absolute Gasteiger partial charge is 0.493 e. The summed E-state index contributed by atoms with van der Waals surface area (Å²) in [6.07, 6.45) is 3.83. The van der Waals surface area contributed by atoms with E-state index < -0.39 is 0 Å². The number of nitrogens with two attached hydrogens (primary N) is 1. The molecule has 2 unspecified atom stereocenters. The van der Waals surface area contributed by atoms with Gasteiger partial charge < -0.3 is 4.74 Å². The van der Waals surface area contributed by atoms with E-state index in [0.717, 1.165) is 24.3 Å². The lowest BCUT2D eigenvalue weighted by atomic mass is 9.97. The van der Waals surface area contributed by atoms with Crippen molar-refractivity contribution in [1.29, 1.82) is 0 Å². The standard InChI is InChI=1S/C11H22N4O/c1-5-8(2)6-9(14-12)11-10(16-4)7-13-15(11)3/h7-9,14H,5-6,12H2,1-4H3. The first kappa shape index (κ1) is 13.0. The van der Waals surface area contributed by atoms with Crippen LogP contribution in [0.2, 0.25) is 0 Å². The number of rotatable bonds is 6. The summed E-state index contributed by atoms with van der Waals surface area (Å²) in [4.78, 5) is 0. The second-order valence-electron chi connectivity index (χ2n) is 4.19. The first-order valence-electron chi connectivity index (χ1n) is 5.66. The van der Waals surface area contributed by atoms with Gasteiger partial charge in [0.1, 0.15) is 0 Å². The highest BCUT2D eigenvalue weighted by Crippen LogP contribution is 2.28. The third-order valence-corrected chi connectivity index (χ3v) is 3.04. The van der Waals surface area contributed by atoms with Crippen LogP contribution < -0.4 is 16.0 Å². The van der Waals surface area contributed by atoms with Crippen LogP contribution in [0.15, 0.2) is 6.20 Å². The molecule has 3 N–H and O–H groups in total. The van der Waals surface area contributed by atoms with Crippen molar-refractivity contribution in [2.75, 3.05) is 7.11 Å². The van der Waals surface area contributed by atoms with E-state index in [4.69, 9.17) is 10.6 Å². The summed E-state index contributed by atoms with van der Waals surface area (Å²) >= 11 is 0. The molecule has 1 heterocycles. The monoisotopic (exact) mass is 226 g/mol. The minimum atomic E-state index is 0.0809. The van der Waals surface area contributed by atoms with Crippen molar-refractivity contribution in [3.63, 3.8) is 0 Å². The van der Waals surface area contributed by atoms with Gasteiger partial charge in [-0.15, -0.1) is 0 Å².